The van der Waals surface area contributed by atoms with Crippen LogP contribution in [0.3, 0.4) is 0 Å². The summed E-state index contributed by atoms with van der Waals surface area (Å²) in [6, 6.07) is 2.01. The van der Waals surface area contributed by atoms with Crippen LogP contribution in [0.5, 0.6) is 0 Å². The van der Waals surface area contributed by atoms with Crippen LogP contribution in [0.25, 0.3) is 0 Å². The van der Waals surface area contributed by atoms with Gasteiger partial charge in [0.1, 0.15) is 9.84 Å². The Balaban J connectivity index is 2.71. The van der Waals surface area contributed by atoms with Gasteiger partial charge in [-0.2, -0.15) is 5.10 Å². The van der Waals surface area contributed by atoms with Gasteiger partial charge in [0.15, 0.2) is 0 Å². The van der Waals surface area contributed by atoms with Crippen LogP contribution in [0, 0.1) is 0 Å². The maximum absolute atomic E-state index is 11.3. The molecule has 19 heavy (non-hydrogen) atoms. The smallest absolute Gasteiger partial charge is 0.149 e. The van der Waals surface area contributed by atoms with E-state index in [2.05, 4.69) is 24.4 Å². The van der Waals surface area contributed by atoms with E-state index in [-0.39, 0.29) is 11.8 Å². The van der Waals surface area contributed by atoms with E-state index in [4.69, 9.17) is 5.84 Å². The van der Waals surface area contributed by atoms with Crippen molar-refractivity contribution >= 4 is 9.84 Å². The lowest BCUT2D eigenvalue weighted by Gasteiger charge is -2.14. The number of hydrogen-bond donors (Lipinski definition) is 2. The average Bonchev–Trinajstić information content (AvgIpc) is 2.76. The topological polar surface area (TPSA) is 90.0 Å². The summed E-state index contributed by atoms with van der Waals surface area (Å²) in [6.07, 6.45) is 5.72. The van der Waals surface area contributed by atoms with Crippen LogP contribution < -0.4 is 11.3 Å². The number of hydrogen-bond acceptors (Lipinski definition) is 5. The molecule has 0 saturated carbocycles. The molecule has 0 aliphatic carbocycles. The van der Waals surface area contributed by atoms with Gasteiger partial charge in [-0.25, -0.2) is 8.42 Å². The van der Waals surface area contributed by atoms with Gasteiger partial charge in [0.05, 0.1) is 17.5 Å². The molecule has 0 aliphatic heterocycles. The number of nitrogens with zero attached hydrogens (tertiary/aromatic N) is 2. The molecule has 0 amide bonds. The molecule has 0 fully saturated rings. The number of sulfone groups is 1. The van der Waals surface area contributed by atoms with Crippen LogP contribution in [0.1, 0.15) is 38.4 Å². The average molecular weight is 288 g/mol. The maximum atomic E-state index is 11.3. The van der Waals surface area contributed by atoms with Gasteiger partial charge in [-0.3, -0.25) is 16.0 Å². The van der Waals surface area contributed by atoms with E-state index in [1.54, 1.807) is 0 Å². The summed E-state index contributed by atoms with van der Waals surface area (Å²) in [5.41, 5.74) is 3.40. The Labute approximate surface area is 115 Å². The minimum Gasteiger partial charge on any atom is -0.271 e. The minimum absolute atomic E-state index is 0.0152. The molecule has 1 rings (SSSR count). The molecule has 1 atom stereocenters. The molecule has 0 saturated heterocycles. The Hall–Kier alpha value is -0.920. The van der Waals surface area contributed by atoms with Crippen molar-refractivity contribution in [3.8, 4) is 0 Å². The van der Waals surface area contributed by atoms with Crippen LogP contribution >= 0.6 is 0 Å². The molecule has 1 aromatic heterocycles. The van der Waals surface area contributed by atoms with E-state index >= 15 is 0 Å². The molecule has 3 N–H and O–H groups in total. The van der Waals surface area contributed by atoms with Crippen LogP contribution in [0.2, 0.25) is 0 Å². The van der Waals surface area contributed by atoms with E-state index in [9.17, 15) is 8.42 Å². The van der Waals surface area contributed by atoms with E-state index in [0.29, 0.717) is 12.5 Å². The fourth-order valence-corrected chi connectivity index (χ4v) is 3.08. The Morgan fingerprint density at radius 2 is 2.05 bits per heavy atom. The summed E-state index contributed by atoms with van der Waals surface area (Å²) in [7, 11) is -3.05. The second kappa shape index (κ2) is 7.02. The van der Waals surface area contributed by atoms with Gasteiger partial charge in [-0.15, -0.1) is 0 Å². The number of aromatic nitrogens is 2. The molecule has 7 heteroatoms. The normalized spacial score (nSPS) is 13.9. The summed E-state index contributed by atoms with van der Waals surface area (Å²) in [5.74, 6) is 5.41. The fraction of sp³-hybridized carbons (Fsp3) is 0.750. The molecule has 1 aromatic rings. The molecular weight excluding hydrogens is 264 g/mol. The van der Waals surface area contributed by atoms with E-state index in [0.717, 1.165) is 18.5 Å². The van der Waals surface area contributed by atoms with Crippen LogP contribution in [0.4, 0.5) is 0 Å². The number of nitrogens with two attached hydrogens (primary N) is 1. The lowest BCUT2D eigenvalue weighted by Crippen LogP contribution is -2.41. The van der Waals surface area contributed by atoms with Crippen molar-refractivity contribution in [2.45, 2.75) is 45.2 Å². The minimum atomic E-state index is -3.05. The molecular formula is C12H24N4O2S. The highest BCUT2D eigenvalue weighted by Gasteiger charge is 2.16. The van der Waals surface area contributed by atoms with Crippen molar-refractivity contribution in [3.05, 3.63) is 18.0 Å². The standard InChI is InChI=1S/C12H24N4O2S/c1-4-12(5-2)16-7-6-10(15-16)8-11(14-13)9-19(3,17)18/h6-7,11-12,14H,4-5,8-9,13H2,1-3H3. The molecule has 1 heterocycles. The zero-order chi connectivity index (χ0) is 14.5. The predicted octanol–water partition coefficient (Wildman–Crippen LogP) is 0.663. The monoisotopic (exact) mass is 288 g/mol. The highest BCUT2D eigenvalue weighted by molar-refractivity contribution is 7.90. The van der Waals surface area contributed by atoms with Gasteiger partial charge in [-0.05, 0) is 18.9 Å². The summed E-state index contributed by atoms with van der Waals surface area (Å²) in [4.78, 5) is 0. The molecule has 0 bridgehead atoms. The van der Waals surface area contributed by atoms with E-state index < -0.39 is 9.84 Å². The summed E-state index contributed by atoms with van der Waals surface area (Å²) >= 11 is 0. The Kier molecular flexibility index (Phi) is 5.96. The lowest BCUT2D eigenvalue weighted by atomic mass is 10.2. The first-order valence-corrected chi connectivity index (χ1v) is 8.63. The van der Waals surface area contributed by atoms with Crippen LogP contribution in [-0.2, 0) is 16.3 Å². The largest absolute Gasteiger partial charge is 0.271 e. The van der Waals surface area contributed by atoms with Crippen molar-refractivity contribution in [2.75, 3.05) is 12.0 Å². The highest BCUT2D eigenvalue weighted by Crippen LogP contribution is 2.15. The van der Waals surface area contributed by atoms with E-state index in [1.165, 1.54) is 6.26 Å². The molecule has 110 valence electrons. The molecule has 0 radical (unpaired) electrons. The highest BCUT2D eigenvalue weighted by atomic mass is 32.2. The summed E-state index contributed by atoms with van der Waals surface area (Å²) in [5, 5.41) is 4.50. The summed E-state index contributed by atoms with van der Waals surface area (Å²) < 4.78 is 24.5. The third kappa shape index (κ3) is 5.30. The number of rotatable bonds is 8. The van der Waals surface area contributed by atoms with Gasteiger partial charge in [0, 0.05) is 24.9 Å². The first kappa shape index (κ1) is 16.1. The van der Waals surface area contributed by atoms with Gasteiger partial charge < -0.3 is 0 Å². The fourth-order valence-electron chi connectivity index (χ4n) is 2.14. The number of nitrogens with one attached hydrogen (secondary N) is 1. The lowest BCUT2D eigenvalue weighted by molar-refractivity contribution is 0.423. The van der Waals surface area contributed by atoms with Crippen molar-refractivity contribution in [3.63, 3.8) is 0 Å². The molecule has 1 unspecified atom stereocenters. The molecule has 0 spiro atoms. The first-order valence-electron chi connectivity index (χ1n) is 6.57. The third-order valence-corrected chi connectivity index (χ3v) is 4.18. The summed E-state index contributed by atoms with van der Waals surface area (Å²) in [6.45, 7) is 4.26. The Morgan fingerprint density at radius 1 is 1.42 bits per heavy atom. The van der Waals surface area contributed by atoms with Gasteiger partial charge in [0.25, 0.3) is 0 Å². The van der Waals surface area contributed by atoms with Gasteiger partial charge in [-0.1, -0.05) is 13.8 Å². The van der Waals surface area contributed by atoms with Crippen LogP contribution in [0.15, 0.2) is 12.3 Å². The zero-order valence-corrected chi connectivity index (χ0v) is 12.7. The van der Waals surface area contributed by atoms with Crippen molar-refractivity contribution in [1.82, 2.24) is 15.2 Å². The second-order valence-electron chi connectivity index (χ2n) is 4.92. The van der Waals surface area contributed by atoms with Crippen molar-refractivity contribution in [2.24, 2.45) is 5.84 Å². The zero-order valence-electron chi connectivity index (χ0n) is 11.8. The molecule has 0 aromatic carbocycles. The predicted molar refractivity (Wildman–Crippen MR) is 76.4 cm³/mol. The van der Waals surface area contributed by atoms with Crippen molar-refractivity contribution < 1.29 is 8.42 Å². The maximum Gasteiger partial charge on any atom is 0.149 e. The Morgan fingerprint density at radius 3 is 2.53 bits per heavy atom. The SMILES string of the molecule is CCC(CC)n1ccc(CC(CS(C)(=O)=O)NN)n1. The molecule has 0 aliphatic rings. The second-order valence-corrected chi connectivity index (χ2v) is 7.10. The molecule has 6 nitrogen and oxygen atoms in total. The quantitative estimate of drug-likeness (QED) is 0.542. The van der Waals surface area contributed by atoms with E-state index in [1.807, 2.05) is 16.9 Å². The third-order valence-electron chi connectivity index (χ3n) is 3.18. The van der Waals surface area contributed by atoms with Crippen molar-refractivity contribution in [1.29, 1.82) is 0 Å². The first-order chi connectivity index (χ1) is 8.89. The van der Waals surface area contributed by atoms with Gasteiger partial charge in [0.2, 0.25) is 0 Å². The van der Waals surface area contributed by atoms with Crippen LogP contribution in [-0.4, -0.2) is 36.2 Å². The Bertz CT molecular complexity index is 480. The number of hydrazine groups is 1. The van der Waals surface area contributed by atoms with Gasteiger partial charge >= 0.3 is 0 Å².